The van der Waals surface area contributed by atoms with E-state index in [0.29, 0.717) is 11.9 Å². The third-order valence-electron chi connectivity index (χ3n) is 4.67. The molecule has 0 spiro atoms. The van der Waals surface area contributed by atoms with Crippen LogP contribution in [0.25, 0.3) is 22.0 Å². The molecular formula is C19H20N4. The molecule has 1 fully saturated rings. The molecule has 2 heterocycles. The highest BCUT2D eigenvalue weighted by Gasteiger charge is 2.24. The van der Waals surface area contributed by atoms with Crippen molar-refractivity contribution in [3.63, 3.8) is 0 Å². The highest BCUT2D eigenvalue weighted by Crippen LogP contribution is 2.35. The van der Waals surface area contributed by atoms with Crippen molar-refractivity contribution in [2.24, 2.45) is 0 Å². The maximum absolute atomic E-state index is 5.84. The van der Waals surface area contributed by atoms with Gasteiger partial charge in [0, 0.05) is 18.1 Å². The second kappa shape index (κ2) is 5.63. The Bertz CT molecular complexity index is 845. The Morgan fingerprint density at radius 2 is 1.96 bits per heavy atom. The third-order valence-corrected chi connectivity index (χ3v) is 4.67. The Balaban J connectivity index is 1.92. The summed E-state index contributed by atoms with van der Waals surface area (Å²) in [7, 11) is 2.17. The predicted octanol–water partition coefficient (Wildman–Crippen LogP) is 3.30. The maximum atomic E-state index is 5.84. The number of likely N-dealkylation sites (tertiary alicyclic amines) is 1. The van der Waals surface area contributed by atoms with Gasteiger partial charge < -0.3 is 10.6 Å². The van der Waals surface area contributed by atoms with E-state index in [0.717, 1.165) is 30.4 Å². The van der Waals surface area contributed by atoms with Gasteiger partial charge in [0.2, 0.25) is 5.95 Å². The van der Waals surface area contributed by atoms with E-state index in [2.05, 4.69) is 58.3 Å². The normalized spacial score (nSPS) is 18.6. The van der Waals surface area contributed by atoms with Gasteiger partial charge in [-0.2, -0.15) is 0 Å². The molecule has 4 heteroatoms. The van der Waals surface area contributed by atoms with Crippen molar-refractivity contribution in [3.05, 3.63) is 54.2 Å². The largest absolute Gasteiger partial charge is 0.368 e. The van der Waals surface area contributed by atoms with E-state index in [9.17, 15) is 0 Å². The Morgan fingerprint density at radius 3 is 2.70 bits per heavy atom. The third kappa shape index (κ3) is 2.66. The number of rotatable bonds is 2. The van der Waals surface area contributed by atoms with Crippen molar-refractivity contribution in [2.75, 3.05) is 25.9 Å². The first-order chi connectivity index (χ1) is 11.2. The van der Waals surface area contributed by atoms with E-state index < -0.39 is 0 Å². The number of benzene rings is 2. The predicted molar refractivity (Wildman–Crippen MR) is 94.2 cm³/mol. The van der Waals surface area contributed by atoms with Crippen LogP contribution in [-0.2, 0) is 0 Å². The minimum Gasteiger partial charge on any atom is -0.368 e. The standard InChI is InChI=1S/C19H20N4/c1-23-8-7-14(12-23)17-10-15(13-5-3-2-4-6-13)9-16-11-21-19(20)22-18(16)17/h2-6,9-11,14H,7-8,12H2,1H3,(H2,20,21,22). The lowest BCUT2D eigenvalue weighted by Crippen LogP contribution is -2.13. The van der Waals surface area contributed by atoms with Gasteiger partial charge in [-0.3, -0.25) is 0 Å². The van der Waals surface area contributed by atoms with Gasteiger partial charge in [-0.25, -0.2) is 9.97 Å². The number of nitrogens with two attached hydrogens (primary N) is 1. The van der Waals surface area contributed by atoms with Gasteiger partial charge in [0.25, 0.3) is 0 Å². The molecule has 1 aromatic heterocycles. The van der Waals surface area contributed by atoms with Gasteiger partial charge in [-0.05, 0) is 54.8 Å². The number of anilines is 1. The summed E-state index contributed by atoms with van der Waals surface area (Å²) in [5, 5.41) is 1.06. The average Bonchev–Trinajstić information content (AvgIpc) is 3.01. The van der Waals surface area contributed by atoms with E-state index in [1.54, 1.807) is 0 Å². The van der Waals surface area contributed by atoms with Crippen LogP contribution in [0.4, 0.5) is 5.95 Å². The van der Waals surface area contributed by atoms with E-state index in [1.807, 2.05) is 12.3 Å². The first-order valence-electron chi connectivity index (χ1n) is 8.01. The van der Waals surface area contributed by atoms with Crippen LogP contribution in [-0.4, -0.2) is 35.0 Å². The molecule has 1 aliphatic rings. The molecule has 0 bridgehead atoms. The fourth-order valence-corrected chi connectivity index (χ4v) is 3.48. The summed E-state index contributed by atoms with van der Waals surface area (Å²) in [4.78, 5) is 11.1. The Morgan fingerprint density at radius 1 is 1.13 bits per heavy atom. The fourth-order valence-electron chi connectivity index (χ4n) is 3.48. The first kappa shape index (κ1) is 14.2. The summed E-state index contributed by atoms with van der Waals surface area (Å²) in [5.41, 5.74) is 10.6. The van der Waals surface area contributed by atoms with Gasteiger partial charge in [0.1, 0.15) is 0 Å². The molecule has 3 aromatic rings. The zero-order chi connectivity index (χ0) is 15.8. The monoisotopic (exact) mass is 304 g/mol. The zero-order valence-electron chi connectivity index (χ0n) is 13.2. The summed E-state index contributed by atoms with van der Waals surface area (Å²) >= 11 is 0. The summed E-state index contributed by atoms with van der Waals surface area (Å²) in [6.07, 6.45) is 3.00. The molecule has 1 aliphatic heterocycles. The molecule has 1 saturated heterocycles. The van der Waals surface area contributed by atoms with Crippen LogP contribution in [0.1, 0.15) is 17.9 Å². The van der Waals surface area contributed by atoms with Crippen LogP contribution >= 0.6 is 0 Å². The summed E-state index contributed by atoms with van der Waals surface area (Å²) in [5.74, 6) is 0.845. The van der Waals surface area contributed by atoms with Crippen molar-refractivity contribution in [3.8, 4) is 11.1 Å². The molecule has 1 atom stereocenters. The molecule has 0 amide bonds. The summed E-state index contributed by atoms with van der Waals surface area (Å²) in [6.45, 7) is 2.19. The summed E-state index contributed by atoms with van der Waals surface area (Å²) in [6, 6.07) is 14.9. The topological polar surface area (TPSA) is 55.0 Å². The van der Waals surface area contributed by atoms with Crippen LogP contribution in [0, 0.1) is 0 Å². The molecule has 116 valence electrons. The van der Waals surface area contributed by atoms with Gasteiger partial charge in [0.05, 0.1) is 5.52 Å². The summed E-state index contributed by atoms with van der Waals surface area (Å²) < 4.78 is 0. The van der Waals surface area contributed by atoms with E-state index in [1.165, 1.54) is 16.7 Å². The van der Waals surface area contributed by atoms with Crippen LogP contribution in [0.15, 0.2) is 48.7 Å². The molecule has 4 rings (SSSR count). The number of hydrogen-bond acceptors (Lipinski definition) is 4. The van der Waals surface area contributed by atoms with E-state index >= 15 is 0 Å². The number of nitrogen functional groups attached to an aromatic ring is 1. The van der Waals surface area contributed by atoms with Gasteiger partial charge in [-0.1, -0.05) is 30.3 Å². The van der Waals surface area contributed by atoms with E-state index in [4.69, 9.17) is 5.73 Å². The number of nitrogens with zero attached hydrogens (tertiary/aromatic N) is 3. The minimum atomic E-state index is 0.345. The quantitative estimate of drug-likeness (QED) is 0.789. The van der Waals surface area contributed by atoms with Crippen LogP contribution in [0.2, 0.25) is 0 Å². The smallest absolute Gasteiger partial charge is 0.220 e. The zero-order valence-corrected chi connectivity index (χ0v) is 13.2. The van der Waals surface area contributed by atoms with Crippen molar-refractivity contribution < 1.29 is 0 Å². The Kier molecular flexibility index (Phi) is 3.46. The minimum absolute atomic E-state index is 0.345. The van der Waals surface area contributed by atoms with E-state index in [-0.39, 0.29) is 0 Å². The Hall–Kier alpha value is -2.46. The molecule has 4 nitrogen and oxygen atoms in total. The average molecular weight is 304 g/mol. The number of likely N-dealkylation sites (N-methyl/N-ethyl adjacent to an activating group) is 1. The van der Waals surface area contributed by atoms with Gasteiger partial charge in [-0.15, -0.1) is 0 Å². The lowest BCUT2D eigenvalue weighted by molar-refractivity contribution is 0.412. The lowest BCUT2D eigenvalue weighted by Gasteiger charge is -2.15. The Labute approximate surface area is 136 Å². The fraction of sp³-hybridized carbons (Fsp3) is 0.263. The van der Waals surface area contributed by atoms with Crippen LogP contribution in [0.5, 0.6) is 0 Å². The molecule has 23 heavy (non-hydrogen) atoms. The highest BCUT2D eigenvalue weighted by molar-refractivity contribution is 5.88. The molecule has 0 saturated carbocycles. The second-order valence-corrected chi connectivity index (χ2v) is 6.35. The van der Waals surface area contributed by atoms with Crippen molar-refractivity contribution >= 4 is 16.9 Å². The number of hydrogen-bond donors (Lipinski definition) is 1. The molecule has 0 aliphatic carbocycles. The van der Waals surface area contributed by atoms with Crippen LogP contribution in [0.3, 0.4) is 0 Å². The van der Waals surface area contributed by atoms with Crippen LogP contribution < -0.4 is 5.73 Å². The lowest BCUT2D eigenvalue weighted by atomic mass is 9.92. The second-order valence-electron chi connectivity index (χ2n) is 6.35. The van der Waals surface area contributed by atoms with Crippen molar-refractivity contribution in [2.45, 2.75) is 12.3 Å². The molecule has 2 N–H and O–H groups in total. The molecule has 0 radical (unpaired) electrons. The first-order valence-corrected chi connectivity index (χ1v) is 8.01. The SMILES string of the molecule is CN1CCC(c2cc(-c3ccccc3)cc3cnc(N)nc23)C1. The van der Waals surface area contributed by atoms with Gasteiger partial charge in [0.15, 0.2) is 0 Å². The van der Waals surface area contributed by atoms with Crippen molar-refractivity contribution in [1.82, 2.24) is 14.9 Å². The highest BCUT2D eigenvalue weighted by atomic mass is 15.1. The molecule has 2 aromatic carbocycles. The maximum Gasteiger partial charge on any atom is 0.220 e. The van der Waals surface area contributed by atoms with Gasteiger partial charge >= 0.3 is 0 Å². The number of aromatic nitrogens is 2. The number of fused-ring (bicyclic) bond motifs is 1. The molecule has 1 unspecified atom stereocenters. The van der Waals surface area contributed by atoms with Crippen molar-refractivity contribution in [1.29, 1.82) is 0 Å². The molecular weight excluding hydrogens is 284 g/mol.